The summed E-state index contributed by atoms with van der Waals surface area (Å²) in [5.41, 5.74) is 1.98. The van der Waals surface area contributed by atoms with Crippen molar-refractivity contribution in [3.63, 3.8) is 0 Å². The number of hydrogen-bond acceptors (Lipinski definition) is 6. The summed E-state index contributed by atoms with van der Waals surface area (Å²) in [6.45, 7) is 3.16. The number of ketones is 1. The van der Waals surface area contributed by atoms with Gasteiger partial charge in [-0.2, -0.15) is 0 Å². The van der Waals surface area contributed by atoms with Gasteiger partial charge in [-0.15, -0.1) is 5.10 Å². The maximum Gasteiger partial charge on any atom is 0.265 e. The molecule has 1 aromatic heterocycles. The molecule has 0 fully saturated rings. The SMILES string of the molecule is CC(=O)c1ccc(NC(=O)C(C)Oc2ccc(-n3cnnn3)cc2)cc1. The number of nitrogens with one attached hydrogen (secondary N) is 1. The zero-order chi connectivity index (χ0) is 18.5. The number of amides is 1. The van der Waals surface area contributed by atoms with Gasteiger partial charge in [0.25, 0.3) is 5.91 Å². The summed E-state index contributed by atoms with van der Waals surface area (Å²) in [4.78, 5) is 23.5. The predicted octanol–water partition coefficient (Wildman–Crippen LogP) is 2.27. The molecule has 0 aliphatic rings. The minimum Gasteiger partial charge on any atom is -0.481 e. The van der Waals surface area contributed by atoms with Gasteiger partial charge >= 0.3 is 0 Å². The van der Waals surface area contributed by atoms with Crippen molar-refractivity contribution in [2.24, 2.45) is 0 Å². The van der Waals surface area contributed by atoms with E-state index in [9.17, 15) is 9.59 Å². The summed E-state index contributed by atoms with van der Waals surface area (Å²) in [6.07, 6.45) is 0.796. The molecular formula is C18H17N5O3. The Balaban J connectivity index is 1.59. The van der Waals surface area contributed by atoms with Gasteiger partial charge in [-0.3, -0.25) is 9.59 Å². The number of carbonyl (C=O) groups excluding carboxylic acids is 2. The summed E-state index contributed by atoms with van der Waals surface area (Å²) in [6, 6.07) is 13.8. The van der Waals surface area contributed by atoms with E-state index in [4.69, 9.17) is 4.74 Å². The Morgan fingerprint density at radius 2 is 1.77 bits per heavy atom. The summed E-state index contributed by atoms with van der Waals surface area (Å²) < 4.78 is 7.17. The third-order valence-corrected chi connectivity index (χ3v) is 3.69. The highest BCUT2D eigenvalue weighted by Crippen LogP contribution is 2.17. The summed E-state index contributed by atoms with van der Waals surface area (Å²) in [5, 5.41) is 13.7. The first-order valence-corrected chi connectivity index (χ1v) is 7.95. The van der Waals surface area contributed by atoms with Crippen LogP contribution >= 0.6 is 0 Å². The van der Waals surface area contributed by atoms with Gasteiger partial charge in [0.15, 0.2) is 11.9 Å². The minimum atomic E-state index is -0.693. The number of benzene rings is 2. The van der Waals surface area contributed by atoms with Crippen LogP contribution in [0.2, 0.25) is 0 Å². The van der Waals surface area contributed by atoms with Gasteiger partial charge in [-0.1, -0.05) is 0 Å². The van der Waals surface area contributed by atoms with Crippen LogP contribution < -0.4 is 10.1 Å². The number of Topliss-reactive ketones (excluding diaryl/α,β-unsaturated/α-hetero) is 1. The number of nitrogens with zero attached hydrogens (tertiary/aromatic N) is 4. The lowest BCUT2D eigenvalue weighted by molar-refractivity contribution is -0.122. The Bertz CT molecular complexity index is 890. The van der Waals surface area contributed by atoms with Gasteiger partial charge in [-0.05, 0) is 72.8 Å². The predicted molar refractivity (Wildman–Crippen MR) is 94.3 cm³/mol. The zero-order valence-corrected chi connectivity index (χ0v) is 14.3. The molecule has 0 radical (unpaired) electrons. The monoisotopic (exact) mass is 351 g/mol. The van der Waals surface area contributed by atoms with Crippen LogP contribution in [0, 0.1) is 0 Å². The van der Waals surface area contributed by atoms with Crippen LogP contribution in [0.15, 0.2) is 54.9 Å². The van der Waals surface area contributed by atoms with Gasteiger partial charge in [0.05, 0.1) is 5.69 Å². The van der Waals surface area contributed by atoms with Gasteiger partial charge in [-0.25, -0.2) is 4.68 Å². The fourth-order valence-electron chi connectivity index (χ4n) is 2.25. The molecule has 1 N–H and O–H groups in total. The minimum absolute atomic E-state index is 0.0234. The van der Waals surface area contributed by atoms with E-state index in [1.807, 2.05) is 0 Å². The fourth-order valence-corrected chi connectivity index (χ4v) is 2.25. The van der Waals surface area contributed by atoms with Crippen molar-refractivity contribution >= 4 is 17.4 Å². The highest BCUT2D eigenvalue weighted by molar-refractivity contribution is 5.96. The zero-order valence-electron chi connectivity index (χ0n) is 14.3. The van der Waals surface area contributed by atoms with Gasteiger partial charge in [0.2, 0.25) is 0 Å². The number of rotatable bonds is 6. The van der Waals surface area contributed by atoms with Gasteiger partial charge in [0, 0.05) is 11.3 Å². The molecule has 0 saturated heterocycles. The second-order valence-electron chi connectivity index (χ2n) is 5.63. The third kappa shape index (κ3) is 4.10. The molecule has 0 aliphatic carbocycles. The molecule has 2 aromatic carbocycles. The van der Waals surface area contributed by atoms with Crippen molar-refractivity contribution in [2.45, 2.75) is 20.0 Å². The average molecular weight is 351 g/mol. The molecular weight excluding hydrogens is 334 g/mol. The topological polar surface area (TPSA) is 99.0 Å². The van der Waals surface area contributed by atoms with E-state index in [1.165, 1.54) is 17.9 Å². The lowest BCUT2D eigenvalue weighted by atomic mass is 10.1. The molecule has 1 atom stereocenters. The highest BCUT2D eigenvalue weighted by atomic mass is 16.5. The lowest BCUT2D eigenvalue weighted by Gasteiger charge is -2.15. The molecule has 3 aromatic rings. The van der Waals surface area contributed by atoms with E-state index in [1.54, 1.807) is 55.5 Å². The van der Waals surface area contributed by atoms with E-state index in [2.05, 4.69) is 20.8 Å². The number of tetrazole rings is 1. The van der Waals surface area contributed by atoms with Crippen molar-refractivity contribution in [2.75, 3.05) is 5.32 Å². The van der Waals surface area contributed by atoms with Crippen LogP contribution in [0.1, 0.15) is 24.2 Å². The molecule has 8 nitrogen and oxygen atoms in total. The first-order chi connectivity index (χ1) is 12.5. The maximum atomic E-state index is 12.3. The highest BCUT2D eigenvalue weighted by Gasteiger charge is 2.15. The molecule has 1 amide bonds. The van der Waals surface area contributed by atoms with Gasteiger partial charge < -0.3 is 10.1 Å². The largest absolute Gasteiger partial charge is 0.481 e. The van der Waals surface area contributed by atoms with E-state index < -0.39 is 6.10 Å². The molecule has 8 heteroatoms. The van der Waals surface area contributed by atoms with Crippen LogP contribution in [0.4, 0.5) is 5.69 Å². The van der Waals surface area contributed by atoms with Crippen molar-refractivity contribution in [3.8, 4) is 11.4 Å². The van der Waals surface area contributed by atoms with Gasteiger partial charge in [0.1, 0.15) is 12.1 Å². The van der Waals surface area contributed by atoms with Crippen LogP contribution in [-0.2, 0) is 4.79 Å². The summed E-state index contributed by atoms with van der Waals surface area (Å²) in [5.74, 6) is 0.242. The van der Waals surface area contributed by atoms with Crippen LogP contribution in [0.5, 0.6) is 5.75 Å². The standard InChI is InChI=1S/C18H17N5O3/c1-12(24)14-3-5-15(6-4-14)20-18(25)13(2)26-17-9-7-16(8-10-17)23-11-19-21-22-23/h3-11,13H,1-2H3,(H,20,25). The molecule has 1 unspecified atom stereocenters. The first-order valence-electron chi connectivity index (χ1n) is 7.95. The van der Waals surface area contributed by atoms with Crippen LogP contribution in [0.25, 0.3) is 5.69 Å². The molecule has 132 valence electrons. The van der Waals surface area contributed by atoms with E-state index in [0.717, 1.165) is 5.69 Å². The Kier molecular flexibility index (Phi) is 5.02. The number of aromatic nitrogens is 4. The first kappa shape index (κ1) is 17.3. The average Bonchev–Trinajstić information content (AvgIpc) is 3.17. The summed E-state index contributed by atoms with van der Waals surface area (Å²) in [7, 11) is 0. The quantitative estimate of drug-likeness (QED) is 0.684. The summed E-state index contributed by atoms with van der Waals surface area (Å²) >= 11 is 0. The smallest absolute Gasteiger partial charge is 0.265 e. The molecule has 0 saturated carbocycles. The maximum absolute atomic E-state index is 12.3. The molecule has 3 rings (SSSR count). The Hall–Kier alpha value is -3.55. The van der Waals surface area contributed by atoms with Crippen molar-refractivity contribution in [3.05, 3.63) is 60.4 Å². The Morgan fingerprint density at radius 3 is 2.35 bits per heavy atom. The second-order valence-corrected chi connectivity index (χ2v) is 5.63. The van der Waals surface area contributed by atoms with E-state index in [-0.39, 0.29) is 11.7 Å². The van der Waals surface area contributed by atoms with Crippen molar-refractivity contribution in [1.82, 2.24) is 20.2 Å². The molecule has 26 heavy (non-hydrogen) atoms. The lowest BCUT2D eigenvalue weighted by Crippen LogP contribution is -2.30. The number of carbonyl (C=O) groups is 2. The number of anilines is 1. The fraction of sp³-hybridized carbons (Fsp3) is 0.167. The normalized spacial score (nSPS) is 11.6. The Labute approximate surface area is 149 Å². The Morgan fingerprint density at radius 1 is 1.08 bits per heavy atom. The number of ether oxygens (including phenoxy) is 1. The van der Waals surface area contributed by atoms with E-state index in [0.29, 0.717) is 17.0 Å². The number of hydrogen-bond donors (Lipinski definition) is 1. The molecule has 0 aliphatic heterocycles. The second kappa shape index (κ2) is 7.56. The third-order valence-electron chi connectivity index (χ3n) is 3.69. The molecule has 0 bridgehead atoms. The van der Waals surface area contributed by atoms with E-state index >= 15 is 0 Å². The van der Waals surface area contributed by atoms with Crippen LogP contribution in [0.3, 0.4) is 0 Å². The van der Waals surface area contributed by atoms with Crippen molar-refractivity contribution < 1.29 is 14.3 Å². The van der Waals surface area contributed by atoms with Crippen LogP contribution in [-0.4, -0.2) is 38.0 Å². The molecule has 1 heterocycles. The van der Waals surface area contributed by atoms with Crippen molar-refractivity contribution in [1.29, 1.82) is 0 Å². The molecule has 0 spiro atoms.